The highest BCUT2D eigenvalue weighted by Crippen LogP contribution is 2.07. The lowest BCUT2D eigenvalue weighted by atomic mass is 10.2. The summed E-state index contributed by atoms with van der Waals surface area (Å²) in [7, 11) is 1.75. The third-order valence-corrected chi connectivity index (χ3v) is 3.05. The smallest absolute Gasteiger partial charge is 0.272 e. The minimum absolute atomic E-state index is 0.0202. The van der Waals surface area contributed by atoms with Gasteiger partial charge in [0.25, 0.3) is 5.91 Å². The summed E-state index contributed by atoms with van der Waals surface area (Å²) < 4.78 is 1.57. The molecule has 6 nitrogen and oxygen atoms in total. The molecule has 92 valence electrons. The molecule has 0 atom stereocenters. The van der Waals surface area contributed by atoms with Crippen LogP contribution in [0, 0.1) is 0 Å². The monoisotopic (exact) mass is 236 g/mol. The number of hydrogen-bond donors (Lipinski definition) is 0. The van der Waals surface area contributed by atoms with Gasteiger partial charge >= 0.3 is 0 Å². The van der Waals surface area contributed by atoms with E-state index in [1.807, 2.05) is 0 Å². The van der Waals surface area contributed by atoms with Gasteiger partial charge in [-0.1, -0.05) is 0 Å². The summed E-state index contributed by atoms with van der Waals surface area (Å²) >= 11 is 0. The maximum Gasteiger partial charge on any atom is 0.272 e. The summed E-state index contributed by atoms with van der Waals surface area (Å²) in [6.45, 7) is 3.95. The highest BCUT2D eigenvalue weighted by atomic mass is 16.2. The summed E-state index contributed by atoms with van der Waals surface area (Å²) in [6.07, 6.45) is 1.61. The van der Waals surface area contributed by atoms with Crippen molar-refractivity contribution in [1.29, 1.82) is 0 Å². The third-order valence-electron chi connectivity index (χ3n) is 3.05. The molecule has 0 aromatic carbocycles. The fourth-order valence-corrected chi connectivity index (χ4v) is 1.97. The molecule has 0 spiro atoms. The molecular weight excluding hydrogens is 220 g/mol. The summed E-state index contributed by atoms with van der Waals surface area (Å²) in [5.41, 5.74) is 0.585. The number of carbonyl (C=O) groups is 2. The van der Waals surface area contributed by atoms with Gasteiger partial charge in [0, 0.05) is 46.3 Å². The lowest BCUT2D eigenvalue weighted by Gasteiger charge is -2.34. The molecule has 2 rings (SSSR count). The molecule has 0 aliphatic carbocycles. The first-order valence-electron chi connectivity index (χ1n) is 5.62. The Morgan fingerprint density at radius 3 is 2.24 bits per heavy atom. The lowest BCUT2D eigenvalue weighted by Crippen LogP contribution is -2.50. The van der Waals surface area contributed by atoms with Gasteiger partial charge < -0.3 is 9.80 Å². The topological polar surface area (TPSA) is 58.4 Å². The van der Waals surface area contributed by atoms with E-state index >= 15 is 0 Å². The van der Waals surface area contributed by atoms with E-state index in [1.165, 1.54) is 0 Å². The maximum absolute atomic E-state index is 12.1. The Morgan fingerprint density at radius 1 is 1.18 bits per heavy atom. The average molecular weight is 236 g/mol. The average Bonchev–Trinajstić information content (AvgIpc) is 2.74. The number of carbonyl (C=O) groups excluding carboxylic acids is 2. The molecule has 0 unspecified atom stereocenters. The van der Waals surface area contributed by atoms with Gasteiger partial charge in [0.1, 0.15) is 5.69 Å². The molecule has 0 radical (unpaired) electrons. The second kappa shape index (κ2) is 4.57. The van der Waals surface area contributed by atoms with E-state index in [0.29, 0.717) is 31.9 Å². The van der Waals surface area contributed by atoms with Crippen molar-refractivity contribution in [2.75, 3.05) is 26.2 Å². The van der Waals surface area contributed by atoms with Crippen LogP contribution >= 0.6 is 0 Å². The first-order valence-corrected chi connectivity index (χ1v) is 5.62. The quantitative estimate of drug-likeness (QED) is 0.674. The number of amides is 2. The first kappa shape index (κ1) is 11.6. The standard InChI is InChI=1S/C11H16N4O2/c1-9(16)14-5-7-15(8-6-14)11(17)10-3-4-12-13(10)2/h3-4H,5-8H2,1-2H3. The van der Waals surface area contributed by atoms with Crippen LogP contribution in [0.3, 0.4) is 0 Å². The molecule has 1 aliphatic rings. The number of nitrogens with zero attached hydrogens (tertiary/aromatic N) is 4. The van der Waals surface area contributed by atoms with Crippen molar-refractivity contribution >= 4 is 11.8 Å². The van der Waals surface area contributed by atoms with Crippen molar-refractivity contribution in [2.45, 2.75) is 6.92 Å². The largest absolute Gasteiger partial charge is 0.339 e. The zero-order valence-corrected chi connectivity index (χ0v) is 10.1. The predicted molar refractivity (Wildman–Crippen MR) is 61.4 cm³/mol. The fourth-order valence-electron chi connectivity index (χ4n) is 1.97. The van der Waals surface area contributed by atoms with Crippen LogP contribution < -0.4 is 0 Å². The van der Waals surface area contributed by atoms with E-state index < -0.39 is 0 Å². The van der Waals surface area contributed by atoms with E-state index in [0.717, 1.165) is 0 Å². The Labute approximate surface area is 99.8 Å². The predicted octanol–water partition coefficient (Wildman–Crippen LogP) is -0.276. The van der Waals surface area contributed by atoms with Crippen molar-refractivity contribution in [3.63, 3.8) is 0 Å². The summed E-state index contributed by atoms with van der Waals surface area (Å²) in [6, 6.07) is 1.71. The SMILES string of the molecule is CC(=O)N1CCN(C(=O)c2ccnn2C)CC1. The van der Waals surface area contributed by atoms with Gasteiger partial charge in [-0.3, -0.25) is 14.3 Å². The van der Waals surface area contributed by atoms with Gasteiger partial charge in [0.15, 0.2) is 0 Å². The van der Waals surface area contributed by atoms with Gasteiger partial charge in [0.05, 0.1) is 0 Å². The highest BCUT2D eigenvalue weighted by molar-refractivity contribution is 5.92. The zero-order chi connectivity index (χ0) is 12.4. The summed E-state index contributed by atoms with van der Waals surface area (Å²) in [5, 5.41) is 3.98. The molecule has 0 saturated carbocycles. The van der Waals surface area contributed by atoms with Gasteiger partial charge in [-0.2, -0.15) is 5.10 Å². The van der Waals surface area contributed by atoms with E-state index in [2.05, 4.69) is 5.10 Å². The molecule has 1 aliphatic heterocycles. The van der Waals surface area contributed by atoms with E-state index in [9.17, 15) is 9.59 Å². The van der Waals surface area contributed by atoms with Crippen LogP contribution in [-0.2, 0) is 11.8 Å². The zero-order valence-electron chi connectivity index (χ0n) is 10.1. The molecule has 2 amide bonds. The normalized spacial score (nSPS) is 16.1. The Bertz CT molecular complexity index is 432. The Balaban J connectivity index is 2.00. The molecule has 17 heavy (non-hydrogen) atoms. The molecule has 0 N–H and O–H groups in total. The molecule has 6 heteroatoms. The van der Waals surface area contributed by atoms with Crippen LogP contribution in [-0.4, -0.2) is 57.6 Å². The van der Waals surface area contributed by atoms with Crippen LogP contribution in [0.2, 0.25) is 0 Å². The fraction of sp³-hybridized carbons (Fsp3) is 0.545. The lowest BCUT2D eigenvalue weighted by molar-refractivity contribution is -0.130. The van der Waals surface area contributed by atoms with Crippen LogP contribution in [0.4, 0.5) is 0 Å². The second-order valence-electron chi connectivity index (χ2n) is 4.14. The van der Waals surface area contributed by atoms with E-state index in [4.69, 9.17) is 0 Å². The third kappa shape index (κ3) is 2.30. The second-order valence-corrected chi connectivity index (χ2v) is 4.14. The molecule has 0 bridgehead atoms. The summed E-state index contributed by atoms with van der Waals surface area (Å²) in [4.78, 5) is 26.8. The van der Waals surface area contributed by atoms with Gasteiger partial charge in [-0.25, -0.2) is 0 Å². The number of rotatable bonds is 1. The van der Waals surface area contributed by atoms with E-state index in [-0.39, 0.29) is 11.8 Å². The van der Waals surface area contributed by atoms with E-state index in [1.54, 1.807) is 40.7 Å². The first-order chi connectivity index (χ1) is 8.09. The van der Waals surface area contributed by atoms with Gasteiger partial charge in [0.2, 0.25) is 5.91 Å². The van der Waals surface area contributed by atoms with Crippen LogP contribution in [0.1, 0.15) is 17.4 Å². The van der Waals surface area contributed by atoms with Crippen molar-refractivity contribution in [2.24, 2.45) is 7.05 Å². The number of aryl methyl sites for hydroxylation is 1. The van der Waals surface area contributed by atoms with Crippen LogP contribution in [0.15, 0.2) is 12.3 Å². The molecule has 2 heterocycles. The van der Waals surface area contributed by atoms with Crippen LogP contribution in [0.5, 0.6) is 0 Å². The molecular formula is C11H16N4O2. The molecule has 1 fully saturated rings. The minimum atomic E-state index is -0.0202. The van der Waals surface area contributed by atoms with Gasteiger partial charge in [-0.05, 0) is 6.07 Å². The molecule has 1 aromatic rings. The van der Waals surface area contributed by atoms with Crippen molar-refractivity contribution in [1.82, 2.24) is 19.6 Å². The van der Waals surface area contributed by atoms with Crippen LogP contribution in [0.25, 0.3) is 0 Å². The highest BCUT2D eigenvalue weighted by Gasteiger charge is 2.24. The number of aromatic nitrogens is 2. The molecule has 1 saturated heterocycles. The minimum Gasteiger partial charge on any atom is -0.339 e. The molecule has 1 aromatic heterocycles. The van der Waals surface area contributed by atoms with Crippen molar-refractivity contribution < 1.29 is 9.59 Å². The Hall–Kier alpha value is -1.85. The Kier molecular flexibility index (Phi) is 3.12. The Morgan fingerprint density at radius 2 is 1.76 bits per heavy atom. The number of piperazine rings is 1. The maximum atomic E-state index is 12.1. The number of hydrogen-bond acceptors (Lipinski definition) is 3. The van der Waals surface area contributed by atoms with Crippen molar-refractivity contribution in [3.05, 3.63) is 18.0 Å². The summed E-state index contributed by atoms with van der Waals surface area (Å²) in [5.74, 6) is 0.0471. The van der Waals surface area contributed by atoms with Gasteiger partial charge in [-0.15, -0.1) is 0 Å². The van der Waals surface area contributed by atoms with Crippen molar-refractivity contribution in [3.8, 4) is 0 Å².